The Labute approximate surface area is 106 Å². The Balaban J connectivity index is 2.25. The number of carbonyl (C=O) groups is 1. The number of rotatable bonds is 5. The average molecular weight is 240 g/mol. The molecule has 1 atom stereocenters. The summed E-state index contributed by atoms with van der Waals surface area (Å²) in [6, 6.07) is 0.323. The molecule has 1 aliphatic rings. The fraction of sp³-hybridized carbons (Fsp3) is 0.929. The van der Waals surface area contributed by atoms with Gasteiger partial charge >= 0.3 is 0 Å². The van der Waals surface area contributed by atoms with Crippen molar-refractivity contribution in [2.24, 2.45) is 11.7 Å². The van der Waals surface area contributed by atoms with E-state index in [2.05, 4.69) is 12.2 Å². The molecule has 0 radical (unpaired) electrons. The van der Waals surface area contributed by atoms with Gasteiger partial charge in [0.2, 0.25) is 5.91 Å². The first-order valence-electron chi connectivity index (χ1n) is 6.97. The van der Waals surface area contributed by atoms with Crippen molar-refractivity contribution in [2.45, 2.75) is 77.3 Å². The van der Waals surface area contributed by atoms with Crippen molar-refractivity contribution >= 4 is 5.91 Å². The molecule has 3 nitrogen and oxygen atoms in total. The molecule has 1 unspecified atom stereocenters. The van der Waals surface area contributed by atoms with Crippen molar-refractivity contribution in [3.63, 3.8) is 0 Å². The average Bonchev–Trinajstić information content (AvgIpc) is 2.27. The standard InChI is InChI=1S/C14H28N2O/c1-11(12-7-5-4-6-8-12)16-13(17)9-10-14(2,3)15/h11-12H,4-10,15H2,1-3H3,(H,16,17). The van der Waals surface area contributed by atoms with Crippen LogP contribution in [0.25, 0.3) is 0 Å². The van der Waals surface area contributed by atoms with Gasteiger partial charge in [0.05, 0.1) is 0 Å². The van der Waals surface area contributed by atoms with Gasteiger partial charge in [-0.2, -0.15) is 0 Å². The Morgan fingerprint density at radius 1 is 1.35 bits per heavy atom. The smallest absolute Gasteiger partial charge is 0.220 e. The van der Waals surface area contributed by atoms with E-state index in [-0.39, 0.29) is 11.4 Å². The summed E-state index contributed by atoms with van der Waals surface area (Å²) in [6.45, 7) is 6.07. The summed E-state index contributed by atoms with van der Waals surface area (Å²) in [7, 11) is 0. The van der Waals surface area contributed by atoms with Crippen LogP contribution in [0.5, 0.6) is 0 Å². The quantitative estimate of drug-likeness (QED) is 0.776. The van der Waals surface area contributed by atoms with Crippen molar-refractivity contribution < 1.29 is 4.79 Å². The van der Waals surface area contributed by atoms with Crippen LogP contribution in [0.4, 0.5) is 0 Å². The third-order valence-corrected chi connectivity index (χ3v) is 3.74. The highest BCUT2D eigenvalue weighted by Crippen LogP contribution is 2.26. The van der Waals surface area contributed by atoms with Crippen molar-refractivity contribution in [3.8, 4) is 0 Å². The van der Waals surface area contributed by atoms with Gasteiger partial charge in [0.15, 0.2) is 0 Å². The monoisotopic (exact) mass is 240 g/mol. The number of nitrogens with one attached hydrogen (secondary N) is 1. The Morgan fingerprint density at radius 3 is 2.47 bits per heavy atom. The van der Waals surface area contributed by atoms with E-state index in [0.29, 0.717) is 18.4 Å². The zero-order valence-corrected chi connectivity index (χ0v) is 11.6. The van der Waals surface area contributed by atoms with Gasteiger partial charge in [0.1, 0.15) is 0 Å². The molecule has 0 aromatic carbocycles. The van der Waals surface area contributed by atoms with Crippen LogP contribution in [0.1, 0.15) is 65.7 Å². The Bertz CT molecular complexity index is 239. The van der Waals surface area contributed by atoms with Crippen LogP contribution in [0.3, 0.4) is 0 Å². The van der Waals surface area contributed by atoms with Gasteiger partial charge in [0.25, 0.3) is 0 Å². The SMILES string of the molecule is CC(NC(=O)CCC(C)(C)N)C1CCCCC1. The van der Waals surface area contributed by atoms with Crippen LogP contribution in [0, 0.1) is 5.92 Å². The summed E-state index contributed by atoms with van der Waals surface area (Å²) in [5.74, 6) is 0.834. The zero-order chi connectivity index (χ0) is 12.9. The summed E-state index contributed by atoms with van der Waals surface area (Å²) in [5.41, 5.74) is 5.63. The van der Waals surface area contributed by atoms with E-state index in [9.17, 15) is 4.79 Å². The van der Waals surface area contributed by atoms with Crippen LogP contribution >= 0.6 is 0 Å². The predicted molar refractivity (Wildman–Crippen MR) is 71.7 cm³/mol. The van der Waals surface area contributed by atoms with Crippen molar-refractivity contribution in [2.75, 3.05) is 0 Å². The maximum absolute atomic E-state index is 11.8. The van der Waals surface area contributed by atoms with E-state index in [0.717, 1.165) is 6.42 Å². The van der Waals surface area contributed by atoms with Gasteiger partial charge < -0.3 is 11.1 Å². The van der Waals surface area contributed by atoms with Crippen LogP contribution < -0.4 is 11.1 Å². The molecule has 0 spiro atoms. The molecule has 3 N–H and O–H groups in total. The fourth-order valence-electron chi connectivity index (χ4n) is 2.51. The topological polar surface area (TPSA) is 55.1 Å². The van der Waals surface area contributed by atoms with E-state index < -0.39 is 0 Å². The predicted octanol–water partition coefficient (Wildman–Crippen LogP) is 2.59. The highest BCUT2D eigenvalue weighted by atomic mass is 16.1. The molecule has 17 heavy (non-hydrogen) atoms. The molecule has 0 aromatic rings. The number of carbonyl (C=O) groups excluding carboxylic acids is 1. The minimum Gasteiger partial charge on any atom is -0.353 e. The molecule has 100 valence electrons. The maximum atomic E-state index is 11.8. The molecule has 1 rings (SSSR count). The first-order chi connectivity index (χ1) is 7.88. The Kier molecular flexibility index (Phi) is 5.44. The lowest BCUT2D eigenvalue weighted by Crippen LogP contribution is -2.40. The molecule has 3 heteroatoms. The highest BCUT2D eigenvalue weighted by molar-refractivity contribution is 5.76. The lowest BCUT2D eigenvalue weighted by molar-refractivity contribution is -0.122. The molecule has 1 amide bonds. The fourth-order valence-corrected chi connectivity index (χ4v) is 2.51. The minimum atomic E-state index is -0.245. The summed E-state index contributed by atoms with van der Waals surface area (Å²) in [4.78, 5) is 11.8. The second kappa shape index (κ2) is 6.39. The molecule has 1 fully saturated rings. The zero-order valence-electron chi connectivity index (χ0n) is 11.6. The van der Waals surface area contributed by atoms with Crippen LogP contribution in [0.15, 0.2) is 0 Å². The summed E-state index contributed by atoms with van der Waals surface area (Å²) < 4.78 is 0. The normalized spacial score (nSPS) is 20.0. The summed E-state index contributed by atoms with van der Waals surface area (Å²) >= 11 is 0. The summed E-state index contributed by atoms with van der Waals surface area (Å²) in [5, 5.41) is 3.13. The number of hydrogen-bond donors (Lipinski definition) is 2. The van der Waals surface area contributed by atoms with Gasteiger partial charge in [0, 0.05) is 18.0 Å². The largest absolute Gasteiger partial charge is 0.353 e. The number of amides is 1. The summed E-state index contributed by atoms with van der Waals surface area (Å²) in [6.07, 6.45) is 7.82. The van der Waals surface area contributed by atoms with E-state index in [1.54, 1.807) is 0 Å². The van der Waals surface area contributed by atoms with Gasteiger partial charge in [-0.25, -0.2) is 0 Å². The van der Waals surface area contributed by atoms with E-state index in [1.165, 1.54) is 32.1 Å². The molecule has 0 aromatic heterocycles. The van der Waals surface area contributed by atoms with E-state index >= 15 is 0 Å². The van der Waals surface area contributed by atoms with Crippen molar-refractivity contribution in [3.05, 3.63) is 0 Å². The van der Waals surface area contributed by atoms with Crippen molar-refractivity contribution in [1.82, 2.24) is 5.32 Å². The second-order valence-corrected chi connectivity index (χ2v) is 6.24. The highest BCUT2D eigenvalue weighted by Gasteiger charge is 2.22. The molecule has 0 saturated heterocycles. The van der Waals surface area contributed by atoms with Gasteiger partial charge in [-0.15, -0.1) is 0 Å². The first-order valence-corrected chi connectivity index (χ1v) is 6.97. The van der Waals surface area contributed by atoms with Crippen LogP contribution in [0.2, 0.25) is 0 Å². The Morgan fingerprint density at radius 2 is 1.94 bits per heavy atom. The van der Waals surface area contributed by atoms with Gasteiger partial charge in [-0.05, 0) is 46.0 Å². The van der Waals surface area contributed by atoms with Crippen LogP contribution in [-0.2, 0) is 4.79 Å². The maximum Gasteiger partial charge on any atom is 0.220 e. The van der Waals surface area contributed by atoms with Gasteiger partial charge in [-0.3, -0.25) is 4.79 Å². The number of hydrogen-bond acceptors (Lipinski definition) is 2. The first kappa shape index (κ1) is 14.5. The van der Waals surface area contributed by atoms with Gasteiger partial charge in [-0.1, -0.05) is 19.3 Å². The number of nitrogens with two attached hydrogens (primary N) is 1. The molecular formula is C14H28N2O. The molecule has 0 heterocycles. The van der Waals surface area contributed by atoms with E-state index in [4.69, 9.17) is 5.73 Å². The van der Waals surface area contributed by atoms with Crippen LogP contribution in [-0.4, -0.2) is 17.5 Å². The lowest BCUT2D eigenvalue weighted by atomic mass is 9.84. The molecule has 1 aliphatic carbocycles. The molecule has 1 saturated carbocycles. The third kappa shape index (κ3) is 6.06. The van der Waals surface area contributed by atoms with Crippen molar-refractivity contribution in [1.29, 1.82) is 0 Å². The molecular weight excluding hydrogens is 212 g/mol. The Hall–Kier alpha value is -0.570. The van der Waals surface area contributed by atoms with E-state index in [1.807, 2.05) is 13.8 Å². The lowest BCUT2D eigenvalue weighted by Gasteiger charge is -2.28. The molecule has 0 aliphatic heterocycles. The second-order valence-electron chi connectivity index (χ2n) is 6.24. The third-order valence-electron chi connectivity index (χ3n) is 3.74. The minimum absolute atomic E-state index is 0.154. The molecule has 0 bridgehead atoms.